The standard InChI is InChI=1S/C13H23N3O2/c1-16(8-9-17-2)7-6-15-13-10-11(18-3)4-5-12(13)14/h4-5,10,15H,6-9,14H2,1-3H3. The second-order valence-electron chi connectivity index (χ2n) is 4.18. The maximum Gasteiger partial charge on any atom is 0.121 e. The monoisotopic (exact) mass is 253 g/mol. The van der Waals surface area contributed by atoms with Gasteiger partial charge in [-0.25, -0.2) is 0 Å². The second-order valence-corrected chi connectivity index (χ2v) is 4.18. The fraction of sp³-hybridized carbons (Fsp3) is 0.538. The highest BCUT2D eigenvalue weighted by Crippen LogP contribution is 2.23. The summed E-state index contributed by atoms with van der Waals surface area (Å²) in [6, 6.07) is 5.60. The highest BCUT2D eigenvalue weighted by atomic mass is 16.5. The van der Waals surface area contributed by atoms with Gasteiger partial charge in [0.2, 0.25) is 0 Å². The molecule has 3 N–H and O–H groups in total. The quantitative estimate of drug-likeness (QED) is 0.683. The van der Waals surface area contributed by atoms with Crippen molar-refractivity contribution in [2.24, 2.45) is 0 Å². The molecular formula is C13H23N3O2. The van der Waals surface area contributed by atoms with Crippen LogP contribution in [0.4, 0.5) is 11.4 Å². The molecule has 1 aromatic carbocycles. The van der Waals surface area contributed by atoms with Crippen molar-refractivity contribution in [2.45, 2.75) is 0 Å². The van der Waals surface area contributed by atoms with Gasteiger partial charge in [-0.1, -0.05) is 0 Å². The highest BCUT2D eigenvalue weighted by Gasteiger charge is 2.02. The molecule has 0 saturated carbocycles. The van der Waals surface area contributed by atoms with Crippen LogP contribution in [0.2, 0.25) is 0 Å². The van der Waals surface area contributed by atoms with Gasteiger partial charge in [-0.2, -0.15) is 0 Å². The maximum atomic E-state index is 5.89. The Morgan fingerprint density at radius 1 is 1.28 bits per heavy atom. The van der Waals surface area contributed by atoms with Gasteiger partial charge in [0.1, 0.15) is 5.75 Å². The first-order valence-electron chi connectivity index (χ1n) is 6.02. The summed E-state index contributed by atoms with van der Waals surface area (Å²) in [5, 5.41) is 3.31. The molecule has 1 aromatic rings. The number of benzene rings is 1. The maximum absolute atomic E-state index is 5.89. The Kier molecular flexibility index (Phi) is 6.32. The van der Waals surface area contributed by atoms with Crippen molar-refractivity contribution in [3.63, 3.8) is 0 Å². The summed E-state index contributed by atoms with van der Waals surface area (Å²) in [5.41, 5.74) is 7.53. The fourth-order valence-electron chi connectivity index (χ4n) is 1.56. The van der Waals surface area contributed by atoms with Crippen LogP contribution in [0.1, 0.15) is 0 Å². The Hall–Kier alpha value is -1.46. The van der Waals surface area contributed by atoms with Crippen molar-refractivity contribution in [1.82, 2.24) is 4.90 Å². The summed E-state index contributed by atoms with van der Waals surface area (Å²) < 4.78 is 10.2. The van der Waals surface area contributed by atoms with E-state index in [1.807, 2.05) is 18.2 Å². The molecule has 0 fully saturated rings. The van der Waals surface area contributed by atoms with Crippen LogP contribution in [0.5, 0.6) is 5.75 Å². The lowest BCUT2D eigenvalue weighted by Gasteiger charge is -2.17. The second kappa shape index (κ2) is 7.79. The molecular weight excluding hydrogens is 230 g/mol. The van der Waals surface area contributed by atoms with Gasteiger partial charge in [0.05, 0.1) is 25.1 Å². The third kappa shape index (κ3) is 4.81. The largest absolute Gasteiger partial charge is 0.497 e. The zero-order valence-corrected chi connectivity index (χ0v) is 11.4. The molecule has 0 unspecified atom stereocenters. The molecule has 0 amide bonds. The average molecular weight is 253 g/mol. The van der Waals surface area contributed by atoms with Crippen molar-refractivity contribution in [3.8, 4) is 5.75 Å². The lowest BCUT2D eigenvalue weighted by Crippen LogP contribution is -2.28. The van der Waals surface area contributed by atoms with E-state index in [1.54, 1.807) is 14.2 Å². The SMILES string of the molecule is COCCN(C)CCNc1cc(OC)ccc1N. The fourth-order valence-corrected chi connectivity index (χ4v) is 1.56. The molecule has 0 heterocycles. The normalized spacial score (nSPS) is 10.7. The lowest BCUT2D eigenvalue weighted by atomic mass is 10.2. The van der Waals surface area contributed by atoms with Gasteiger partial charge in [-0.05, 0) is 19.2 Å². The zero-order chi connectivity index (χ0) is 13.4. The number of nitrogens with one attached hydrogen (secondary N) is 1. The molecule has 0 aliphatic rings. The topological polar surface area (TPSA) is 59.8 Å². The predicted molar refractivity (Wildman–Crippen MR) is 75.3 cm³/mol. The Morgan fingerprint density at radius 2 is 2.06 bits per heavy atom. The van der Waals surface area contributed by atoms with E-state index in [9.17, 15) is 0 Å². The van der Waals surface area contributed by atoms with Gasteiger partial charge in [-0.3, -0.25) is 0 Å². The number of anilines is 2. The third-order valence-electron chi connectivity index (χ3n) is 2.75. The molecule has 102 valence electrons. The number of ether oxygens (including phenoxy) is 2. The number of hydrogen-bond acceptors (Lipinski definition) is 5. The minimum atomic E-state index is 0.732. The van der Waals surface area contributed by atoms with Crippen LogP contribution >= 0.6 is 0 Å². The predicted octanol–water partition coefficient (Wildman–Crippen LogP) is 1.27. The van der Waals surface area contributed by atoms with Crippen LogP contribution in [0.25, 0.3) is 0 Å². The van der Waals surface area contributed by atoms with E-state index < -0.39 is 0 Å². The van der Waals surface area contributed by atoms with Gasteiger partial charge in [0.25, 0.3) is 0 Å². The van der Waals surface area contributed by atoms with E-state index in [0.717, 1.165) is 43.4 Å². The molecule has 0 aromatic heterocycles. The Labute approximate surface area is 109 Å². The molecule has 5 nitrogen and oxygen atoms in total. The van der Waals surface area contributed by atoms with E-state index in [0.29, 0.717) is 0 Å². The number of nitrogens with zero attached hydrogens (tertiary/aromatic N) is 1. The summed E-state index contributed by atoms with van der Waals surface area (Å²) >= 11 is 0. The first-order valence-corrected chi connectivity index (χ1v) is 6.02. The molecule has 18 heavy (non-hydrogen) atoms. The number of likely N-dealkylation sites (N-methyl/N-ethyl adjacent to an activating group) is 1. The molecule has 0 aliphatic carbocycles. The number of methoxy groups -OCH3 is 2. The number of nitrogens with two attached hydrogens (primary N) is 1. The van der Waals surface area contributed by atoms with Gasteiger partial charge < -0.3 is 25.4 Å². The Bertz CT molecular complexity index is 358. The van der Waals surface area contributed by atoms with Gasteiger partial charge >= 0.3 is 0 Å². The Morgan fingerprint density at radius 3 is 2.72 bits per heavy atom. The summed E-state index contributed by atoms with van der Waals surface area (Å²) in [4.78, 5) is 2.20. The first kappa shape index (κ1) is 14.6. The number of rotatable bonds is 8. The van der Waals surface area contributed by atoms with Crippen LogP contribution in [-0.4, -0.2) is 52.4 Å². The smallest absolute Gasteiger partial charge is 0.121 e. The third-order valence-corrected chi connectivity index (χ3v) is 2.75. The van der Waals surface area contributed by atoms with Crippen LogP contribution in [0, 0.1) is 0 Å². The summed E-state index contributed by atoms with van der Waals surface area (Å²) in [6.07, 6.45) is 0. The highest BCUT2D eigenvalue weighted by molar-refractivity contribution is 5.68. The van der Waals surface area contributed by atoms with Crippen LogP contribution in [-0.2, 0) is 4.74 Å². The summed E-state index contributed by atoms with van der Waals surface area (Å²) in [6.45, 7) is 3.43. The molecule has 0 atom stereocenters. The molecule has 0 spiro atoms. The number of nitrogen functional groups attached to an aromatic ring is 1. The van der Waals surface area contributed by atoms with Gasteiger partial charge in [-0.15, -0.1) is 0 Å². The van der Waals surface area contributed by atoms with Gasteiger partial charge in [0.15, 0.2) is 0 Å². The minimum Gasteiger partial charge on any atom is -0.497 e. The lowest BCUT2D eigenvalue weighted by molar-refractivity contribution is 0.163. The molecule has 5 heteroatoms. The van der Waals surface area contributed by atoms with Crippen molar-refractivity contribution < 1.29 is 9.47 Å². The molecule has 1 rings (SSSR count). The van der Waals surface area contributed by atoms with Crippen LogP contribution in [0.15, 0.2) is 18.2 Å². The average Bonchev–Trinajstić information content (AvgIpc) is 2.38. The zero-order valence-electron chi connectivity index (χ0n) is 11.4. The van der Waals surface area contributed by atoms with E-state index >= 15 is 0 Å². The van der Waals surface area contributed by atoms with Crippen molar-refractivity contribution in [1.29, 1.82) is 0 Å². The van der Waals surface area contributed by atoms with E-state index in [2.05, 4.69) is 17.3 Å². The summed E-state index contributed by atoms with van der Waals surface area (Å²) in [7, 11) is 5.42. The van der Waals surface area contributed by atoms with Crippen LogP contribution in [0.3, 0.4) is 0 Å². The molecule has 0 bridgehead atoms. The van der Waals surface area contributed by atoms with E-state index in [-0.39, 0.29) is 0 Å². The van der Waals surface area contributed by atoms with Crippen molar-refractivity contribution in [3.05, 3.63) is 18.2 Å². The number of hydrogen-bond donors (Lipinski definition) is 2. The molecule has 0 radical (unpaired) electrons. The van der Waals surface area contributed by atoms with Crippen molar-refractivity contribution >= 4 is 11.4 Å². The summed E-state index contributed by atoms with van der Waals surface area (Å²) in [5.74, 6) is 0.805. The minimum absolute atomic E-state index is 0.732. The first-order chi connectivity index (χ1) is 8.67. The molecule has 0 aliphatic heterocycles. The van der Waals surface area contributed by atoms with E-state index in [4.69, 9.17) is 15.2 Å². The van der Waals surface area contributed by atoms with Crippen molar-refractivity contribution in [2.75, 3.05) is 58.6 Å². The molecule has 0 saturated heterocycles. The van der Waals surface area contributed by atoms with Crippen LogP contribution < -0.4 is 15.8 Å². The van der Waals surface area contributed by atoms with E-state index in [1.165, 1.54) is 0 Å². The van der Waals surface area contributed by atoms with Gasteiger partial charge in [0, 0.05) is 32.8 Å². The Balaban J connectivity index is 2.38.